The molecule has 168 valence electrons. The SMILES string of the molecule is C=C1C(C)=CC(N2C(=C)C(=N)/C(=C\NCc3ccc(CC)cc3)C2c2ccccc2)=CN1C. The Bertz CT molecular complexity index is 1170. The number of allylic oxidation sites excluding steroid dienone is 3. The Morgan fingerprint density at radius 3 is 2.30 bits per heavy atom. The second-order valence-electron chi connectivity index (χ2n) is 8.59. The zero-order valence-electron chi connectivity index (χ0n) is 19.7. The number of likely N-dealkylation sites (tertiary alicyclic amines) is 1. The van der Waals surface area contributed by atoms with Gasteiger partial charge in [0.05, 0.1) is 23.1 Å². The van der Waals surface area contributed by atoms with Crippen LogP contribution in [-0.2, 0) is 13.0 Å². The predicted molar refractivity (Wildman–Crippen MR) is 137 cm³/mol. The highest BCUT2D eigenvalue weighted by Crippen LogP contribution is 2.44. The summed E-state index contributed by atoms with van der Waals surface area (Å²) in [5, 5.41) is 12.3. The molecule has 0 aromatic heterocycles. The third kappa shape index (κ3) is 4.42. The van der Waals surface area contributed by atoms with E-state index in [1.807, 2.05) is 36.3 Å². The molecule has 0 radical (unpaired) electrons. The van der Waals surface area contributed by atoms with E-state index in [4.69, 9.17) is 5.41 Å². The van der Waals surface area contributed by atoms with Gasteiger partial charge in [0.25, 0.3) is 0 Å². The molecule has 2 aromatic carbocycles. The average Bonchev–Trinajstić information content (AvgIpc) is 3.08. The molecule has 2 aliphatic heterocycles. The molecule has 1 fully saturated rings. The van der Waals surface area contributed by atoms with Gasteiger partial charge in [-0.3, -0.25) is 5.41 Å². The maximum absolute atomic E-state index is 8.89. The maximum Gasteiger partial charge on any atom is 0.0881 e. The highest BCUT2D eigenvalue weighted by atomic mass is 15.2. The van der Waals surface area contributed by atoms with Gasteiger partial charge in [0.2, 0.25) is 0 Å². The van der Waals surface area contributed by atoms with Gasteiger partial charge in [0.1, 0.15) is 0 Å². The number of nitrogens with one attached hydrogen (secondary N) is 2. The monoisotopic (exact) mass is 436 g/mol. The Balaban J connectivity index is 1.68. The van der Waals surface area contributed by atoms with Crippen LogP contribution >= 0.6 is 0 Å². The van der Waals surface area contributed by atoms with Crippen LogP contribution in [0, 0.1) is 5.41 Å². The quantitative estimate of drug-likeness (QED) is 0.578. The highest BCUT2D eigenvalue weighted by molar-refractivity contribution is 6.13. The second kappa shape index (κ2) is 9.37. The molecule has 2 aromatic rings. The van der Waals surface area contributed by atoms with Crippen LogP contribution in [0.3, 0.4) is 0 Å². The Kier molecular flexibility index (Phi) is 6.36. The van der Waals surface area contributed by atoms with Crippen LogP contribution in [0.1, 0.15) is 36.6 Å². The smallest absolute Gasteiger partial charge is 0.0881 e. The van der Waals surface area contributed by atoms with Gasteiger partial charge in [-0.05, 0) is 41.7 Å². The van der Waals surface area contributed by atoms with E-state index in [1.165, 1.54) is 11.1 Å². The molecule has 33 heavy (non-hydrogen) atoms. The van der Waals surface area contributed by atoms with Crippen LogP contribution in [-0.4, -0.2) is 22.6 Å². The first-order valence-corrected chi connectivity index (χ1v) is 11.4. The molecule has 4 rings (SSSR count). The molecule has 0 bridgehead atoms. The average molecular weight is 437 g/mol. The summed E-state index contributed by atoms with van der Waals surface area (Å²) < 4.78 is 0. The van der Waals surface area contributed by atoms with Crippen molar-refractivity contribution in [3.05, 3.63) is 131 Å². The molecule has 2 N–H and O–H groups in total. The first-order valence-electron chi connectivity index (χ1n) is 11.4. The summed E-state index contributed by atoms with van der Waals surface area (Å²) in [6, 6.07) is 18.9. The van der Waals surface area contributed by atoms with Crippen LogP contribution in [0.15, 0.2) is 114 Å². The fraction of sp³-hybridized carbons (Fsp3) is 0.207. The Morgan fingerprint density at radius 1 is 1.00 bits per heavy atom. The minimum absolute atomic E-state index is 0.128. The van der Waals surface area contributed by atoms with Crippen molar-refractivity contribution >= 4 is 5.71 Å². The Labute approximate surface area is 197 Å². The Hall–Kier alpha value is -3.79. The van der Waals surface area contributed by atoms with Gasteiger partial charge in [-0.2, -0.15) is 0 Å². The summed E-state index contributed by atoms with van der Waals surface area (Å²) in [5.41, 5.74) is 8.82. The minimum atomic E-state index is -0.128. The normalized spacial score (nSPS) is 19.8. The molecule has 0 spiro atoms. The lowest BCUT2D eigenvalue weighted by Crippen LogP contribution is -2.26. The van der Waals surface area contributed by atoms with Crippen LogP contribution < -0.4 is 5.32 Å². The van der Waals surface area contributed by atoms with Crippen LogP contribution in [0.5, 0.6) is 0 Å². The van der Waals surface area contributed by atoms with Crippen molar-refractivity contribution in [3.8, 4) is 0 Å². The maximum atomic E-state index is 8.89. The third-order valence-corrected chi connectivity index (χ3v) is 6.38. The zero-order chi connectivity index (χ0) is 23.5. The number of benzene rings is 2. The number of hydrogen-bond acceptors (Lipinski definition) is 4. The topological polar surface area (TPSA) is 42.4 Å². The molecule has 2 heterocycles. The number of nitrogens with zero attached hydrogens (tertiary/aromatic N) is 2. The predicted octanol–water partition coefficient (Wildman–Crippen LogP) is 6.06. The van der Waals surface area contributed by atoms with E-state index in [2.05, 4.69) is 85.9 Å². The van der Waals surface area contributed by atoms with E-state index in [-0.39, 0.29) is 6.04 Å². The van der Waals surface area contributed by atoms with Gasteiger partial charge >= 0.3 is 0 Å². The Morgan fingerprint density at radius 2 is 1.67 bits per heavy atom. The van der Waals surface area contributed by atoms with Gasteiger partial charge in [0.15, 0.2) is 0 Å². The fourth-order valence-corrected chi connectivity index (χ4v) is 4.34. The molecule has 4 nitrogen and oxygen atoms in total. The van der Waals surface area contributed by atoms with Gasteiger partial charge < -0.3 is 15.1 Å². The van der Waals surface area contributed by atoms with E-state index in [0.717, 1.165) is 34.5 Å². The minimum Gasteiger partial charge on any atom is -0.386 e. The van der Waals surface area contributed by atoms with E-state index >= 15 is 0 Å². The third-order valence-electron chi connectivity index (χ3n) is 6.38. The summed E-state index contributed by atoms with van der Waals surface area (Å²) >= 11 is 0. The van der Waals surface area contributed by atoms with Crippen LogP contribution in [0.25, 0.3) is 0 Å². The largest absolute Gasteiger partial charge is 0.386 e. The fourth-order valence-electron chi connectivity index (χ4n) is 4.34. The van der Waals surface area contributed by atoms with Gasteiger partial charge in [-0.15, -0.1) is 0 Å². The molecule has 4 heteroatoms. The molecule has 0 saturated carbocycles. The summed E-state index contributed by atoms with van der Waals surface area (Å²) in [5.74, 6) is 0. The lowest BCUT2D eigenvalue weighted by atomic mass is 9.98. The van der Waals surface area contributed by atoms with E-state index in [9.17, 15) is 0 Å². The van der Waals surface area contributed by atoms with Crippen LogP contribution in [0.4, 0.5) is 0 Å². The van der Waals surface area contributed by atoms with E-state index in [0.29, 0.717) is 18.0 Å². The highest BCUT2D eigenvalue weighted by Gasteiger charge is 2.39. The standard InChI is InChI=1S/C29H32N4/c1-6-23-12-14-24(15-13-23)17-31-18-27-28(30)22(4)33(29(27)25-10-8-7-9-11-25)26-16-20(2)21(3)32(5)19-26/h7-16,18-19,29-31H,3-4,6,17H2,1-2,5H3/b27-18+,30-28?. The molecule has 0 amide bonds. The van der Waals surface area contributed by atoms with Gasteiger partial charge in [-0.25, -0.2) is 0 Å². The lowest BCUT2D eigenvalue weighted by Gasteiger charge is -2.33. The molecule has 0 aliphatic carbocycles. The summed E-state index contributed by atoms with van der Waals surface area (Å²) in [6.45, 7) is 13.4. The first kappa shape index (κ1) is 22.4. The zero-order valence-corrected chi connectivity index (χ0v) is 19.7. The first-order chi connectivity index (χ1) is 15.9. The van der Waals surface area contributed by atoms with Crippen molar-refractivity contribution in [2.24, 2.45) is 0 Å². The summed E-state index contributed by atoms with van der Waals surface area (Å²) in [6.07, 6.45) is 7.22. The van der Waals surface area contributed by atoms with E-state index < -0.39 is 0 Å². The van der Waals surface area contributed by atoms with Gasteiger partial charge in [0, 0.05) is 37.3 Å². The molecule has 1 saturated heterocycles. The van der Waals surface area contributed by atoms with Crippen molar-refractivity contribution in [1.82, 2.24) is 15.1 Å². The molecular weight excluding hydrogens is 404 g/mol. The van der Waals surface area contributed by atoms with Crippen molar-refractivity contribution in [2.45, 2.75) is 32.9 Å². The number of rotatable bonds is 6. The number of aryl methyl sites for hydroxylation is 1. The summed E-state index contributed by atoms with van der Waals surface area (Å²) in [4.78, 5) is 4.19. The second-order valence-corrected chi connectivity index (χ2v) is 8.59. The van der Waals surface area contributed by atoms with Crippen molar-refractivity contribution in [2.75, 3.05) is 7.05 Å². The molecule has 1 atom stereocenters. The summed E-state index contributed by atoms with van der Waals surface area (Å²) in [7, 11) is 2.00. The van der Waals surface area contributed by atoms with E-state index in [1.54, 1.807) is 0 Å². The number of hydrogen-bond donors (Lipinski definition) is 2. The van der Waals surface area contributed by atoms with Crippen molar-refractivity contribution < 1.29 is 0 Å². The molecule has 2 aliphatic rings. The molecular formula is C29H32N4. The molecule has 1 unspecified atom stereocenters. The van der Waals surface area contributed by atoms with Crippen molar-refractivity contribution in [3.63, 3.8) is 0 Å². The van der Waals surface area contributed by atoms with Crippen LogP contribution in [0.2, 0.25) is 0 Å². The lowest BCUT2D eigenvalue weighted by molar-refractivity contribution is 0.396. The van der Waals surface area contributed by atoms with Crippen molar-refractivity contribution in [1.29, 1.82) is 5.41 Å². The number of likely N-dealkylation sites (N-methyl/N-ethyl adjacent to an activating group) is 1. The van der Waals surface area contributed by atoms with Gasteiger partial charge in [-0.1, -0.05) is 74.7 Å².